The second-order valence-electron chi connectivity index (χ2n) is 20.9. The zero-order chi connectivity index (χ0) is 76.6. The van der Waals surface area contributed by atoms with Gasteiger partial charge in [-0.1, -0.05) is 0 Å². The van der Waals surface area contributed by atoms with E-state index in [-0.39, 0.29) is 20.8 Å². The van der Waals surface area contributed by atoms with Crippen LogP contribution in [0.25, 0.3) is 100 Å². The first kappa shape index (κ1) is 74.2. The van der Waals surface area contributed by atoms with Crippen molar-refractivity contribution >= 4 is 0 Å². The molecule has 10 aromatic rings. The highest BCUT2D eigenvalue weighted by Gasteiger charge is 2.46. The van der Waals surface area contributed by atoms with Gasteiger partial charge in [0.2, 0.25) is 11.6 Å². The zero-order valence-corrected chi connectivity index (χ0v) is 47.7. The number of rotatable bonds is 9. The average molecular weight is 1510 g/mol. The Balaban J connectivity index is 1.47. The second-order valence-corrected chi connectivity index (χ2v) is 20.9. The quantitative estimate of drug-likeness (QED) is 0.0768. The van der Waals surface area contributed by atoms with Crippen LogP contribution in [0, 0.1) is 248 Å². The molecule has 0 amide bonds. The first-order valence-electron chi connectivity index (χ1n) is 26.1. The summed E-state index contributed by atoms with van der Waals surface area (Å²) < 4.78 is 621. The molecule has 0 heterocycles. The molecule has 10 aromatic carbocycles. The fourth-order valence-electron chi connectivity index (χ4n) is 10.9. The predicted octanol–water partition coefficient (Wildman–Crippen LogP) is 23.0. The van der Waals surface area contributed by atoms with Crippen molar-refractivity contribution in [3.8, 4) is 100 Å². The van der Waals surface area contributed by atoms with E-state index in [1.165, 1.54) is 0 Å². The van der Waals surface area contributed by atoms with Crippen LogP contribution in [-0.2, 0) is 0 Å². The third kappa shape index (κ3) is 9.94. The third-order valence-electron chi connectivity index (χ3n) is 15.7. The fraction of sp³-hybridized carbons (Fsp3) is 0.0476. The van der Waals surface area contributed by atoms with Crippen LogP contribution in [0.3, 0.4) is 0 Å². The first-order chi connectivity index (χ1) is 47.2. The Kier molecular flexibility index (Phi) is 18.3. The van der Waals surface area contributed by atoms with Gasteiger partial charge in [0.1, 0.15) is 40.7 Å². The topological polar surface area (TPSA) is 0 Å². The van der Waals surface area contributed by atoms with Crippen LogP contribution in [0.4, 0.5) is 171 Å². The Bertz CT molecular complexity index is 4640. The molecule has 0 aliphatic heterocycles. The highest BCUT2D eigenvalue weighted by molar-refractivity contribution is 5.92. The number of halogens is 39. The van der Waals surface area contributed by atoms with Crippen molar-refractivity contribution in [3.05, 3.63) is 244 Å². The standard InChI is InChI=1S/C63H9F39/c1-4-7(12-50(89)58(97)62(101)59(98)51(12)90)34(73)41(80)13(25(4)64)14-28(67)15(30(69)17(29(14)68)20-42(81)37(76)10(38(77)43(20)82)8-5(2)26(65)54(93)56(95)35(8)74)16-31(70)18(21-44(83)39(78)11(40(79)45(21)84)9-6(3)27(66)55(94)57(96)36(9)75)33(72)19(32(16)71)22-46(85)48(87)23(49(88)47(22)86)24-52(91)60(99)63(102)61(100)53(24)92/h1-3H3. The Morgan fingerprint density at radius 3 is 0.324 bits per heavy atom. The summed E-state index contributed by atoms with van der Waals surface area (Å²) in [5.74, 6) is -137. The van der Waals surface area contributed by atoms with Gasteiger partial charge < -0.3 is 0 Å². The SMILES string of the molecule is Cc1c(F)c(-c2c(F)c(-c3c(F)c(F)c(-c4c(C)c(F)c(F)c(F)c4F)c(F)c3F)c(F)c(-c3c(F)c(-c4c(F)c(F)c(-c5c(C)c(F)c(F)c(F)c5F)c(F)c4F)c(F)c(-c4c(F)c(F)c(-c5c(F)c(F)c(F)c(F)c5F)c(F)c4F)c3F)c2F)c(F)c(F)c1-c1c(F)c(F)c(F)c(F)c1F. The Hall–Kier alpha value is -10.5. The van der Waals surface area contributed by atoms with Crippen LogP contribution in [0.1, 0.15) is 16.7 Å². The van der Waals surface area contributed by atoms with Crippen LogP contribution >= 0.6 is 0 Å². The van der Waals surface area contributed by atoms with Crippen LogP contribution in [0.2, 0.25) is 0 Å². The van der Waals surface area contributed by atoms with E-state index in [9.17, 15) is 52.7 Å². The maximum absolute atomic E-state index is 18.0. The molecule has 0 atom stereocenters. The van der Waals surface area contributed by atoms with Crippen LogP contribution in [0.5, 0.6) is 0 Å². The van der Waals surface area contributed by atoms with Gasteiger partial charge in [0.25, 0.3) is 0 Å². The zero-order valence-electron chi connectivity index (χ0n) is 47.7. The Morgan fingerprint density at radius 1 is 0.0784 bits per heavy atom. The van der Waals surface area contributed by atoms with Crippen molar-refractivity contribution in [1.82, 2.24) is 0 Å². The van der Waals surface area contributed by atoms with E-state index in [4.69, 9.17) is 0 Å². The maximum atomic E-state index is 18.0. The van der Waals surface area contributed by atoms with E-state index in [1.807, 2.05) is 0 Å². The molecule has 39 heteroatoms. The number of hydrogen-bond donors (Lipinski definition) is 0. The molecular weight excluding hydrogens is 1500 g/mol. The minimum Gasteiger partial charge on any atom is -0.206 e. The lowest BCUT2D eigenvalue weighted by atomic mass is 9.84. The molecule has 102 heavy (non-hydrogen) atoms. The van der Waals surface area contributed by atoms with Gasteiger partial charge in [-0.15, -0.1) is 0 Å². The molecule has 0 fully saturated rings. The van der Waals surface area contributed by atoms with Gasteiger partial charge in [-0.3, -0.25) is 0 Å². The van der Waals surface area contributed by atoms with E-state index in [0.29, 0.717) is 0 Å². The third-order valence-corrected chi connectivity index (χ3v) is 15.7. The smallest absolute Gasteiger partial charge is 0.200 e. The molecule has 0 spiro atoms. The summed E-state index contributed by atoms with van der Waals surface area (Å²) >= 11 is 0. The molecule has 0 saturated carbocycles. The largest absolute Gasteiger partial charge is 0.206 e. The van der Waals surface area contributed by atoms with E-state index in [2.05, 4.69) is 0 Å². The molecule has 0 unspecified atom stereocenters. The van der Waals surface area contributed by atoms with Gasteiger partial charge in [0.05, 0.1) is 83.5 Å². The van der Waals surface area contributed by atoms with Crippen molar-refractivity contribution in [1.29, 1.82) is 0 Å². The first-order valence-corrected chi connectivity index (χ1v) is 26.1. The highest BCUT2D eigenvalue weighted by atomic mass is 19.2. The molecule has 0 aromatic heterocycles. The van der Waals surface area contributed by atoms with E-state index in [0.717, 1.165) is 0 Å². The fourth-order valence-corrected chi connectivity index (χ4v) is 10.9. The second kappa shape index (κ2) is 25.2. The summed E-state index contributed by atoms with van der Waals surface area (Å²) in [6, 6.07) is 0. The molecule has 0 saturated heterocycles. The van der Waals surface area contributed by atoms with Crippen molar-refractivity contribution < 1.29 is 171 Å². The molecule has 0 radical (unpaired) electrons. The Morgan fingerprint density at radius 2 is 0.157 bits per heavy atom. The lowest BCUT2D eigenvalue weighted by molar-refractivity contribution is 0.379. The van der Waals surface area contributed by atoms with E-state index in [1.54, 1.807) is 0 Å². The summed E-state index contributed by atoms with van der Waals surface area (Å²) in [5.41, 5.74) is -65.9. The number of benzene rings is 10. The van der Waals surface area contributed by atoms with Gasteiger partial charge in [-0.2, -0.15) is 0 Å². The molecule has 0 aliphatic rings. The monoisotopic (exact) mass is 1510 g/mol. The minimum absolute atomic E-state index is 0.00211. The van der Waals surface area contributed by atoms with Crippen molar-refractivity contribution in [3.63, 3.8) is 0 Å². The van der Waals surface area contributed by atoms with Gasteiger partial charge in [0.15, 0.2) is 175 Å². The normalized spacial score (nSPS) is 11.8. The minimum atomic E-state index is -4.16. The van der Waals surface area contributed by atoms with Crippen molar-refractivity contribution in [2.75, 3.05) is 0 Å². The predicted molar refractivity (Wildman–Crippen MR) is 268 cm³/mol. The summed E-state index contributed by atoms with van der Waals surface area (Å²) in [4.78, 5) is 0. The summed E-state index contributed by atoms with van der Waals surface area (Å²) in [5, 5.41) is 0. The Labute approximate surface area is 534 Å². The average Bonchev–Trinajstić information content (AvgIpc) is 0.705. The van der Waals surface area contributed by atoms with Gasteiger partial charge in [0, 0.05) is 16.7 Å². The van der Waals surface area contributed by atoms with Gasteiger partial charge in [-0.25, -0.2) is 171 Å². The van der Waals surface area contributed by atoms with E-state index >= 15 is 119 Å². The van der Waals surface area contributed by atoms with Crippen LogP contribution < -0.4 is 0 Å². The lowest BCUT2D eigenvalue weighted by Gasteiger charge is -2.23. The summed E-state index contributed by atoms with van der Waals surface area (Å²) in [7, 11) is 0. The van der Waals surface area contributed by atoms with Crippen molar-refractivity contribution in [2.24, 2.45) is 0 Å². The number of hydrogen-bond acceptors (Lipinski definition) is 0. The van der Waals surface area contributed by atoms with Crippen LogP contribution in [-0.4, -0.2) is 0 Å². The molecule has 0 aliphatic carbocycles. The van der Waals surface area contributed by atoms with Gasteiger partial charge in [-0.05, 0) is 37.5 Å². The molecule has 0 bridgehead atoms. The van der Waals surface area contributed by atoms with Crippen LogP contribution in [0.15, 0.2) is 0 Å². The molecule has 0 nitrogen and oxygen atoms in total. The summed E-state index contributed by atoms with van der Waals surface area (Å²) in [6.07, 6.45) is 0. The highest BCUT2D eigenvalue weighted by Crippen LogP contribution is 2.55. The summed E-state index contributed by atoms with van der Waals surface area (Å²) in [6.45, 7) is -0.247. The van der Waals surface area contributed by atoms with Crippen molar-refractivity contribution in [2.45, 2.75) is 20.8 Å². The molecule has 0 N–H and O–H groups in total. The molecule has 10 rings (SSSR count). The van der Waals surface area contributed by atoms with E-state index < -0.39 is 344 Å². The lowest BCUT2D eigenvalue weighted by Crippen LogP contribution is -2.15. The van der Waals surface area contributed by atoms with Gasteiger partial charge >= 0.3 is 0 Å². The molecular formula is C63H9F39. The maximum Gasteiger partial charge on any atom is 0.200 e. The molecule has 534 valence electrons.